The number of carbonyl (C=O) groups excluding carboxylic acids is 2. The largest absolute Gasteiger partial charge is 0.351 e. The van der Waals surface area contributed by atoms with Gasteiger partial charge in [-0.3, -0.25) is 14.3 Å². The lowest BCUT2D eigenvalue weighted by atomic mass is 10.2. The van der Waals surface area contributed by atoms with Crippen molar-refractivity contribution in [1.82, 2.24) is 20.4 Å². The van der Waals surface area contributed by atoms with Gasteiger partial charge in [-0.2, -0.15) is 5.10 Å². The number of nitrogens with zero attached hydrogens (tertiary/aromatic N) is 2. The Morgan fingerprint density at radius 2 is 2.09 bits per heavy atom. The van der Waals surface area contributed by atoms with E-state index in [9.17, 15) is 9.59 Å². The molecule has 0 aliphatic carbocycles. The molecule has 120 valence electrons. The Hall–Kier alpha value is -1.93. The van der Waals surface area contributed by atoms with Crippen LogP contribution < -0.4 is 16.4 Å². The van der Waals surface area contributed by atoms with Crippen LogP contribution in [0.1, 0.15) is 29.2 Å². The SMILES string of the molecule is Cc1nn(C)c2sc(C(=O)NC(C)C(=O)N[C@@H](C)CN)cc12. The molecule has 1 unspecified atom stereocenters. The molecule has 0 radical (unpaired) electrons. The number of aryl methyl sites for hydroxylation is 2. The van der Waals surface area contributed by atoms with E-state index in [1.165, 1.54) is 11.3 Å². The summed E-state index contributed by atoms with van der Waals surface area (Å²) >= 11 is 1.36. The standard InChI is InChI=1S/C14H21N5O2S/c1-7(6-15)16-12(20)9(3)17-13(21)11-5-10-8(2)18-19(4)14(10)22-11/h5,7,9H,6,15H2,1-4H3,(H,16,20)(H,17,21)/t7-,9?/m0/s1. The molecule has 0 aromatic carbocycles. The van der Waals surface area contributed by atoms with Crippen LogP contribution in [-0.4, -0.2) is 40.2 Å². The Morgan fingerprint density at radius 3 is 2.68 bits per heavy atom. The summed E-state index contributed by atoms with van der Waals surface area (Å²) in [6.45, 7) is 5.72. The molecule has 0 spiro atoms. The first kappa shape index (κ1) is 16.4. The third kappa shape index (κ3) is 3.28. The molecule has 2 amide bonds. The molecule has 22 heavy (non-hydrogen) atoms. The summed E-state index contributed by atoms with van der Waals surface area (Å²) in [5, 5.41) is 10.7. The summed E-state index contributed by atoms with van der Waals surface area (Å²) in [5.74, 6) is -0.506. The van der Waals surface area contributed by atoms with Crippen LogP contribution in [0, 0.1) is 6.92 Å². The smallest absolute Gasteiger partial charge is 0.262 e. The van der Waals surface area contributed by atoms with E-state index in [1.54, 1.807) is 11.6 Å². The summed E-state index contributed by atoms with van der Waals surface area (Å²) in [6, 6.07) is 1.07. The van der Waals surface area contributed by atoms with Crippen LogP contribution in [0.3, 0.4) is 0 Å². The van der Waals surface area contributed by atoms with Gasteiger partial charge in [0.1, 0.15) is 10.9 Å². The first-order chi connectivity index (χ1) is 10.3. The van der Waals surface area contributed by atoms with Crippen LogP contribution in [0.25, 0.3) is 10.2 Å². The molecule has 0 aliphatic rings. The maximum absolute atomic E-state index is 12.3. The number of fused-ring (bicyclic) bond motifs is 1. The van der Waals surface area contributed by atoms with Gasteiger partial charge in [0.2, 0.25) is 5.91 Å². The fraction of sp³-hybridized carbons (Fsp3) is 0.500. The van der Waals surface area contributed by atoms with Gasteiger partial charge in [-0.25, -0.2) is 0 Å². The zero-order valence-corrected chi connectivity index (χ0v) is 14.0. The van der Waals surface area contributed by atoms with Crippen molar-refractivity contribution >= 4 is 33.4 Å². The van der Waals surface area contributed by atoms with E-state index in [0.29, 0.717) is 11.4 Å². The summed E-state index contributed by atoms with van der Waals surface area (Å²) in [7, 11) is 1.85. The predicted molar refractivity (Wildman–Crippen MR) is 86.9 cm³/mol. The van der Waals surface area contributed by atoms with Crippen LogP contribution in [0.5, 0.6) is 0 Å². The van der Waals surface area contributed by atoms with Gasteiger partial charge in [0.15, 0.2) is 0 Å². The van der Waals surface area contributed by atoms with Gasteiger partial charge in [0.25, 0.3) is 5.91 Å². The lowest BCUT2D eigenvalue weighted by molar-refractivity contribution is -0.123. The van der Waals surface area contributed by atoms with Crippen LogP contribution in [0.4, 0.5) is 0 Å². The lowest BCUT2D eigenvalue weighted by Crippen LogP contribution is -2.48. The summed E-state index contributed by atoms with van der Waals surface area (Å²) < 4.78 is 1.76. The molecule has 2 atom stereocenters. The summed E-state index contributed by atoms with van der Waals surface area (Å²) in [4.78, 5) is 25.7. The molecular weight excluding hydrogens is 302 g/mol. The van der Waals surface area contributed by atoms with Gasteiger partial charge in [-0.15, -0.1) is 11.3 Å². The number of aromatic nitrogens is 2. The Balaban J connectivity index is 2.07. The minimum Gasteiger partial charge on any atom is -0.351 e. The summed E-state index contributed by atoms with van der Waals surface area (Å²) in [5.41, 5.74) is 6.35. The van der Waals surface area contributed by atoms with Crippen molar-refractivity contribution in [3.05, 3.63) is 16.6 Å². The highest BCUT2D eigenvalue weighted by Crippen LogP contribution is 2.27. The van der Waals surface area contributed by atoms with Crippen molar-refractivity contribution < 1.29 is 9.59 Å². The molecule has 7 nitrogen and oxygen atoms in total. The lowest BCUT2D eigenvalue weighted by Gasteiger charge is -2.16. The highest BCUT2D eigenvalue weighted by Gasteiger charge is 2.20. The minimum atomic E-state index is -0.620. The third-order valence-electron chi connectivity index (χ3n) is 3.40. The molecule has 2 heterocycles. The topological polar surface area (TPSA) is 102 Å². The van der Waals surface area contributed by atoms with E-state index in [1.807, 2.05) is 27.0 Å². The number of rotatable bonds is 5. The Bertz CT molecular complexity index is 671. The monoisotopic (exact) mass is 323 g/mol. The van der Waals surface area contributed by atoms with Gasteiger partial charge >= 0.3 is 0 Å². The molecule has 0 fully saturated rings. The van der Waals surface area contributed by atoms with Gasteiger partial charge in [-0.1, -0.05) is 0 Å². The molecule has 4 N–H and O–H groups in total. The molecule has 0 saturated carbocycles. The highest BCUT2D eigenvalue weighted by molar-refractivity contribution is 7.20. The minimum absolute atomic E-state index is 0.120. The van der Waals surface area contributed by atoms with E-state index in [2.05, 4.69) is 15.7 Å². The quantitative estimate of drug-likeness (QED) is 0.746. The zero-order valence-electron chi connectivity index (χ0n) is 13.1. The Morgan fingerprint density at radius 1 is 1.41 bits per heavy atom. The van der Waals surface area contributed by atoms with Crippen LogP contribution in [-0.2, 0) is 11.8 Å². The van der Waals surface area contributed by atoms with E-state index in [0.717, 1.165) is 15.9 Å². The molecule has 0 aliphatic heterocycles. The van der Waals surface area contributed by atoms with Crippen LogP contribution in [0.2, 0.25) is 0 Å². The van der Waals surface area contributed by atoms with Gasteiger partial charge in [-0.05, 0) is 26.8 Å². The van der Waals surface area contributed by atoms with Crippen molar-refractivity contribution in [2.24, 2.45) is 12.8 Å². The fourth-order valence-corrected chi connectivity index (χ4v) is 3.10. The predicted octanol–water partition coefficient (Wildman–Crippen LogP) is 0.525. The molecular formula is C14H21N5O2S. The number of hydrogen-bond donors (Lipinski definition) is 3. The zero-order chi connectivity index (χ0) is 16.4. The van der Waals surface area contributed by atoms with Gasteiger partial charge < -0.3 is 16.4 Å². The van der Waals surface area contributed by atoms with E-state index < -0.39 is 6.04 Å². The average Bonchev–Trinajstić information content (AvgIpc) is 3.01. The molecule has 8 heteroatoms. The van der Waals surface area contributed by atoms with Crippen LogP contribution >= 0.6 is 11.3 Å². The number of nitrogens with two attached hydrogens (primary N) is 1. The number of nitrogens with one attached hydrogen (secondary N) is 2. The normalized spacial score (nSPS) is 13.9. The maximum atomic E-state index is 12.3. The highest BCUT2D eigenvalue weighted by atomic mass is 32.1. The van der Waals surface area contributed by atoms with Crippen LogP contribution in [0.15, 0.2) is 6.07 Å². The Labute approximate surface area is 132 Å². The molecule has 0 saturated heterocycles. The first-order valence-electron chi connectivity index (χ1n) is 7.08. The van der Waals surface area contributed by atoms with Crippen molar-refractivity contribution in [2.45, 2.75) is 32.9 Å². The van der Waals surface area contributed by atoms with Crippen molar-refractivity contribution in [3.63, 3.8) is 0 Å². The number of thiophene rings is 1. The number of hydrogen-bond acceptors (Lipinski definition) is 5. The second-order valence-corrected chi connectivity index (χ2v) is 6.41. The Kier molecular flexibility index (Phi) is 4.82. The third-order valence-corrected chi connectivity index (χ3v) is 4.60. The molecule has 0 bridgehead atoms. The molecule has 2 aromatic rings. The van der Waals surface area contributed by atoms with E-state index in [4.69, 9.17) is 5.73 Å². The molecule has 2 aromatic heterocycles. The number of carbonyl (C=O) groups is 2. The average molecular weight is 323 g/mol. The molecule has 2 rings (SSSR count). The number of amides is 2. The van der Waals surface area contributed by atoms with E-state index in [-0.39, 0.29) is 17.9 Å². The van der Waals surface area contributed by atoms with Gasteiger partial charge in [0, 0.05) is 25.0 Å². The van der Waals surface area contributed by atoms with Gasteiger partial charge in [0.05, 0.1) is 10.6 Å². The summed E-state index contributed by atoms with van der Waals surface area (Å²) in [6.07, 6.45) is 0. The van der Waals surface area contributed by atoms with Crippen molar-refractivity contribution in [2.75, 3.05) is 6.54 Å². The van der Waals surface area contributed by atoms with E-state index >= 15 is 0 Å². The fourth-order valence-electron chi connectivity index (χ4n) is 2.08. The first-order valence-corrected chi connectivity index (χ1v) is 7.89. The second kappa shape index (κ2) is 6.45. The van der Waals surface area contributed by atoms with Crippen molar-refractivity contribution in [3.8, 4) is 0 Å². The second-order valence-electron chi connectivity index (χ2n) is 5.38. The van der Waals surface area contributed by atoms with Crippen molar-refractivity contribution in [1.29, 1.82) is 0 Å². The maximum Gasteiger partial charge on any atom is 0.262 e.